The van der Waals surface area contributed by atoms with E-state index in [9.17, 15) is 4.79 Å². The second-order valence-corrected chi connectivity index (χ2v) is 4.40. The van der Waals surface area contributed by atoms with Crippen molar-refractivity contribution in [2.24, 2.45) is 17.8 Å². The van der Waals surface area contributed by atoms with Crippen molar-refractivity contribution in [3.05, 3.63) is 0 Å². The number of carbonyl (C=O) groups is 1. The molecule has 1 saturated carbocycles. The summed E-state index contributed by atoms with van der Waals surface area (Å²) in [6.45, 7) is 6.69. The van der Waals surface area contributed by atoms with Crippen molar-refractivity contribution in [2.75, 3.05) is 0 Å². The fourth-order valence-corrected chi connectivity index (χ4v) is 2.42. The van der Waals surface area contributed by atoms with Crippen LogP contribution in [0, 0.1) is 17.8 Å². The first-order valence-corrected chi connectivity index (χ1v) is 5.16. The lowest BCUT2D eigenvalue weighted by molar-refractivity contribution is -0.117. The summed E-state index contributed by atoms with van der Waals surface area (Å²) in [7, 11) is 0. The smallest absolute Gasteiger partial charge is 0.133 e. The van der Waals surface area contributed by atoms with Gasteiger partial charge in [0.2, 0.25) is 0 Å². The molecule has 70 valence electrons. The molecule has 0 aromatic heterocycles. The maximum absolute atomic E-state index is 11.2. The normalized spacial score (nSPS) is 30.2. The number of carbonyl (C=O) groups excluding carboxylic acids is 1. The molecule has 0 saturated heterocycles. The van der Waals surface area contributed by atoms with Crippen LogP contribution in [0.4, 0.5) is 0 Å². The monoisotopic (exact) mass is 168 g/mol. The van der Waals surface area contributed by atoms with E-state index >= 15 is 0 Å². The van der Waals surface area contributed by atoms with Crippen LogP contribution in [0.5, 0.6) is 0 Å². The van der Waals surface area contributed by atoms with Gasteiger partial charge >= 0.3 is 0 Å². The molecule has 1 aliphatic carbocycles. The number of hydrogen-bond acceptors (Lipinski definition) is 1. The zero-order valence-corrected chi connectivity index (χ0v) is 8.47. The van der Waals surface area contributed by atoms with E-state index in [1.807, 2.05) is 0 Å². The SMILES string of the molecule is CCC[C@H]1CC(=O)C[C@H]1C(C)C. The van der Waals surface area contributed by atoms with Crippen molar-refractivity contribution in [1.82, 2.24) is 0 Å². The first kappa shape index (κ1) is 9.76. The Kier molecular flexibility index (Phi) is 3.30. The summed E-state index contributed by atoms with van der Waals surface area (Å²) in [5.41, 5.74) is 0. The average molecular weight is 168 g/mol. The first-order chi connectivity index (χ1) is 5.65. The Morgan fingerprint density at radius 2 is 2.08 bits per heavy atom. The minimum Gasteiger partial charge on any atom is -0.300 e. The lowest BCUT2D eigenvalue weighted by Gasteiger charge is -2.21. The Bertz CT molecular complexity index is 160. The van der Waals surface area contributed by atoms with Crippen LogP contribution >= 0.6 is 0 Å². The third-order valence-electron chi connectivity index (χ3n) is 3.07. The van der Waals surface area contributed by atoms with Crippen molar-refractivity contribution >= 4 is 5.78 Å². The molecular formula is C11H20O. The molecule has 1 nitrogen and oxygen atoms in total. The zero-order chi connectivity index (χ0) is 9.14. The van der Waals surface area contributed by atoms with Crippen LogP contribution in [-0.2, 0) is 4.79 Å². The quantitative estimate of drug-likeness (QED) is 0.633. The molecular weight excluding hydrogens is 148 g/mol. The van der Waals surface area contributed by atoms with E-state index in [0.717, 1.165) is 12.8 Å². The van der Waals surface area contributed by atoms with Crippen LogP contribution in [-0.4, -0.2) is 5.78 Å². The number of hydrogen-bond donors (Lipinski definition) is 0. The molecule has 0 aromatic rings. The Labute approximate surface area is 75.5 Å². The minimum absolute atomic E-state index is 0.493. The Hall–Kier alpha value is -0.330. The van der Waals surface area contributed by atoms with Crippen molar-refractivity contribution in [3.63, 3.8) is 0 Å². The van der Waals surface area contributed by atoms with Crippen LogP contribution in [0.1, 0.15) is 46.5 Å². The largest absolute Gasteiger partial charge is 0.300 e. The lowest BCUT2D eigenvalue weighted by atomic mass is 9.84. The maximum atomic E-state index is 11.2. The van der Waals surface area contributed by atoms with Crippen LogP contribution in [0.15, 0.2) is 0 Å². The van der Waals surface area contributed by atoms with Crippen LogP contribution in [0.3, 0.4) is 0 Å². The van der Waals surface area contributed by atoms with Gasteiger partial charge in [0.25, 0.3) is 0 Å². The Morgan fingerprint density at radius 3 is 2.58 bits per heavy atom. The second kappa shape index (κ2) is 4.06. The molecule has 1 rings (SSSR count). The molecule has 1 fully saturated rings. The van der Waals surface area contributed by atoms with E-state index < -0.39 is 0 Å². The van der Waals surface area contributed by atoms with Crippen molar-refractivity contribution in [3.8, 4) is 0 Å². The molecule has 0 aliphatic heterocycles. The van der Waals surface area contributed by atoms with Gasteiger partial charge in [-0.3, -0.25) is 4.79 Å². The first-order valence-electron chi connectivity index (χ1n) is 5.16. The van der Waals surface area contributed by atoms with Crippen LogP contribution in [0.2, 0.25) is 0 Å². The third-order valence-corrected chi connectivity index (χ3v) is 3.07. The van der Waals surface area contributed by atoms with Gasteiger partial charge in [-0.25, -0.2) is 0 Å². The summed E-state index contributed by atoms with van der Waals surface area (Å²) in [5.74, 6) is 2.56. The number of ketones is 1. The minimum atomic E-state index is 0.493. The molecule has 0 spiro atoms. The van der Waals surface area contributed by atoms with Gasteiger partial charge in [0.15, 0.2) is 0 Å². The van der Waals surface area contributed by atoms with Gasteiger partial charge < -0.3 is 0 Å². The fraction of sp³-hybridized carbons (Fsp3) is 0.909. The van der Waals surface area contributed by atoms with Crippen LogP contribution in [0.25, 0.3) is 0 Å². The molecule has 1 aliphatic rings. The van der Waals surface area contributed by atoms with Crippen molar-refractivity contribution in [1.29, 1.82) is 0 Å². The van der Waals surface area contributed by atoms with Gasteiger partial charge in [0, 0.05) is 12.8 Å². The standard InChI is InChI=1S/C11H20O/c1-4-5-9-6-10(12)7-11(9)8(2)3/h8-9,11H,4-7H2,1-3H3/t9-,11-/m0/s1. The number of Topliss-reactive ketones (excluding diaryl/α,β-unsaturated/α-hetero) is 1. The maximum Gasteiger partial charge on any atom is 0.133 e. The molecule has 0 bridgehead atoms. The predicted octanol–water partition coefficient (Wildman–Crippen LogP) is 3.04. The van der Waals surface area contributed by atoms with Gasteiger partial charge in [-0.1, -0.05) is 27.2 Å². The molecule has 0 N–H and O–H groups in total. The molecule has 2 atom stereocenters. The molecule has 0 heterocycles. The summed E-state index contributed by atoms with van der Waals surface area (Å²) >= 11 is 0. The molecule has 1 heteroatoms. The summed E-state index contributed by atoms with van der Waals surface area (Å²) in [6, 6.07) is 0. The highest BCUT2D eigenvalue weighted by atomic mass is 16.1. The molecule has 0 unspecified atom stereocenters. The number of rotatable bonds is 3. The Balaban J connectivity index is 2.53. The summed E-state index contributed by atoms with van der Waals surface area (Å²) < 4.78 is 0. The van der Waals surface area contributed by atoms with Crippen molar-refractivity contribution in [2.45, 2.75) is 46.5 Å². The van der Waals surface area contributed by atoms with E-state index in [1.54, 1.807) is 0 Å². The molecule has 12 heavy (non-hydrogen) atoms. The molecule has 0 aromatic carbocycles. The predicted molar refractivity (Wildman–Crippen MR) is 51.0 cm³/mol. The highest BCUT2D eigenvalue weighted by Gasteiger charge is 2.33. The van der Waals surface area contributed by atoms with Gasteiger partial charge in [-0.15, -0.1) is 0 Å². The van der Waals surface area contributed by atoms with Crippen molar-refractivity contribution < 1.29 is 4.79 Å². The van der Waals surface area contributed by atoms with Gasteiger partial charge in [0.05, 0.1) is 0 Å². The van der Waals surface area contributed by atoms with Crippen LogP contribution < -0.4 is 0 Å². The summed E-state index contributed by atoms with van der Waals surface area (Å²) in [5, 5.41) is 0. The van der Waals surface area contributed by atoms with E-state index in [-0.39, 0.29) is 0 Å². The van der Waals surface area contributed by atoms with Gasteiger partial charge in [0.1, 0.15) is 5.78 Å². The van der Waals surface area contributed by atoms with E-state index in [4.69, 9.17) is 0 Å². The molecule has 0 radical (unpaired) electrons. The highest BCUT2D eigenvalue weighted by molar-refractivity contribution is 5.81. The lowest BCUT2D eigenvalue weighted by Crippen LogP contribution is -2.13. The van der Waals surface area contributed by atoms with Gasteiger partial charge in [-0.05, 0) is 24.2 Å². The topological polar surface area (TPSA) is 17.1 Å². The average Bonchev–Trinajstić information content (AvgIpc) is 2.32. The zero-order valence-electron chi connectivity index (χ0n) is 8.47. The Morgan fingerprint density at radius 1 is 1.42 bits per heavy atom. The van der Waals surface area contributed by atoms with E-state index in [2.05, 4.69) is 20.8 Å². The fourth-order valence-electron chi connectivity index (χ4n) is 2.42. The summed E-state index contributed by atoms with van der Waals surface area (Å²) in [4.78, 5) is 11.2. The molecule has 0 amide bonds. The van der Waals surface area contributed by atoms with Gasteiger partial charge in [-0.2, -0.15) is 0 Å². The van der Waals surface area contributed by atoms with E-state index in [1.165, 1.54) is 12.8 Å². The summed E-state index contributed by atoms with van der Waals surface area (Å²) in [6.07, 6.45) is 4.18. The second-order valence-electron chi connectivity index (χ2n) is 4.40. The van der Waals surface area contributed by atoms with E-state index in [0.29, 0.717) is 23.5 Å². The highest BCUT2D eigenvalue weighted by Crippen LogP contribution is 2.37. The third kappa shape index (κ3) is 2.09.